The summed E-state index contributed by atoms with van der Waals surface area (Å²) in [4.78, 5) is 5.88. The molecule has 3 heteroatoms. The van der Waals surface area contributed by atoms with E-state index in [0.29, 0.717) is 6.04 Å². The predicted octanol–water partition coefficient (Wildman–Crippen LogP) is 1.93. The Morgan fingerprint density at radius 1 is 1.50 bits per heavy atom. The molecule has 0 aliphatic carbocycles. The normalized spacial score (nSPS) is 19.6. The van der Waals surface area contributed by atoms with E-state index >= 15 is 0 Å². The van der Waals surface area contributed by atoms with Crippen LogP contribution >= 0.6 is 0 Å². The van der Waals surface area contributed by atoms with Crippen LogP contribution in [0.2, 0.25) is 0 Å². The molecule has 0 spiro atoms. The van der Waals surface area contributed by atoms with Gasteiger partial charge < -0.3 is 10.3 Å². The number of hydrogen-bond acceptors (Lipinski definition) is 2. The van der Waals surface area contributed by atoms with Crippen LogP contribution in [0.5, 0.6) is 0 Å². The molecule has 1 atom stereocenters. The van der Waals surface area contributed by atoms with Crippen molar-refractivity contribution in [3.05, 3.63) is 36.2 Å². The van der Waals surface area contributed by atoms with Gasteiger partial charge in [-0.2, -0.15) is 0 Å². The number of H-pyrrole nitrogens is 1. The van der Waals surface area contributed by atoms with Gasteiger partial charge in [-0.3, -0.25) is 4.90 Å². The number of nitrogens with zero attached hydrogens (tertiary/aromatic N) is 1. The van der Waals surface area contributed by atoms with Gasteiger partial charge in [0.1, 0.15) is 0 Å². The van der Waals surface area contributed by atoms with Gasteiger partial charge in [-0.1, -0.05) is 5.57 Å². The van der Waals surface area contributed by atoms with E-state index in [1.807, 2.05) is 6.20 Å². The van der Waals surface area contributed by atoms with Crippen molar-refractivity contribution < 1.29 is 0 Å². The quantitative estimate of drug-likeness (QED) is 0.758. The summed E-state index contributed by atoms with van der Waals surface area (Å²) >= 11 is 0. The van der Waals surface area contributed by atoms with Crippen LogP contribution in [0.1, 0.15) is 25.1 Å². The van der Waals surface area contributed by atoms with Crippen molar-refractivity contribution in [3.8, 4) is 0 Å². The van der Waals surface area contributed by atoms with Crippen LogP contribution in [0.25, 0.3) is 0 Å². The molecular formula is C13H21N3. The van der Waals surface area contributed by atoms with E-state index < -0.39 is 0 Å². The van der Waals surface area contributed by atoms with Crippen molar-refractivity contribution in [2.24, 2.45) is 0 Å². The maximum absolute atomic E-state index is 4.04. The SMILES string of the molecule is C=C(C)C[C@H](c1ccc[nH]1)N1CCNCC1. The Balaban J connectivity index is 2.10. The fraction of sp³-hybridized carbons (Fsp3) is 0.538. The van der Waals surface area contributed by atoms with Crippen molar-refractivity contribution in [2.75, 3.05) is 26.2 Å². The lowest BCUT2D eigenvalue weighted by Gasteiger charge is -2.34. The summed E-state index contributed by atoms with van der Waals surface area (Å²) in [5, 5.41) is 3.39. The van der Waals surface area contributed by atoms with Gasteiger partial charge in [0.2, 0.25) is 0 Å². The lowest BCUT2D eigenvalue weighted by Crippen LogP contribution is -2.45. The van der Waals surface area contributed by atoms with Gasteiger partial charge in [0, 0.05) is 38.1 Å². The Bertz CT molecular complexity index is 323. The van der Waals surface area contributed by atoms with E-state index in [4.69, 9.17) is 0 Å². The minimum Gasteiger partial charge on any atom is -0.364 e. The first-order valence-electron chi connectivity index (χ1n) is 6.00. The molecule has 3 nitrogen and oxygen atoms in total. The van der Waals surface area contributed by atoms with Gasteiger partial charge in [-0.25, -0.2) is 0 Å². The lowest BCUT2D eigenvalue weighted by atomic mass is 10.0. The Kier molecular flexibility index (Phi) is 3.80. The summed E-state index contributed by atoms with van der Waals surface area (Å²) in [6.45, 7) is 10.6. The molecule has 0 aromatic carbocycles. The molecule has 1 aromatic heterocycles. The van der Waals surface area contributed by atoms with E-state index in [-0.39, 0.29) is 0 Å². The average molecular weight is 219 g/mol. The van der Waals surface area contributed by atoms with Crippen molar-refractivity contribution >= 4 is 0 Å². The van der Waals surface area contributed by atoms with Gasteiger partial charge in [-0.05, 0) is 25.5 Å². The van der Waals surface area contributed by atoms with Crippen molar-refractivity contribution in [1.29, 1.82) is 0 Å². The molecule has 1 saturated heterocycles. The highest BCUT2D eigenvalue weighted by Gasteiger charge is 2.22. The van der Waals surface area contributed by atoms with Crippen LogP contribution < -0.4 is 5.32 Å². The largest absolute Gasteiger partial charge is 0.364 e. The predicted molar refractivity (Wildman–Crippen MR) is 67.4 cm³/mol. The average Bonchev–Trinajstić information content (AvgIpc) is 2.80. The van der Waals surface area contributed by atoms with Crippen molar-refractivity contribution in [1.82, 2.24) is 15.2 Å². The third-order valence-corrected chi connectivity index (χ3v) is 3.12. The topological polar surface area (TPSA) is 31.1 Å². The van der Waals surface area contributed by atoms with Crippen LogP contribution in [0.3, 0.4) is 0 Å². The first kappa shape index (κ1) is 11.4. The fourth-order valence-corrected chi connectivity index (χ4v) is 2.31. The summed E-state index contributed by atoms with van der Waals surface area (Å²) in [7, 11) is 0. The number of hydrogen-bond donors (Lipinski definition) is 2. The van der Waals surface area contributed by atoms with Gasteiger partial charge in [0.25, 0.3) is 0 Å². The number of piperazine rings is 1. The van der Waals surface area contributed by atoms with Crippen LogP contribution in [-0.2, 0) is 0 Å². The molecule has 1 aliphatic rings. The number of rotatable bonds is 4. The molecule has 16 heavy (non-hydrogen) atoms. The molecule has 0 unspecified atom stereocenters. The highest BCUT2D eigenvalue weighted by molar-refractivity contribution is 5.13. The number of nitrogens with one attached hydrogen (secondary N) is 2. The third-order valence-electron chi connectivity index (χ3n) is 3.12. The Hall–Kier alpha value is -1.06. The van der Waals surface area contributed by atoms with E-state index in [1.165, 1.54) is 11.3 Å². The van der Waals surface area contributed by atoms with Crippen molar-refractivity contribution in [2.45, 2.75) is 19.4 Å². The summed E-state index contributed by atoms with van der Waals surface area (Å²) < 4.78 is 0. The van der Waals surface area contributed by atoms with Gasteiger partial charge in [-0.15, -0.1) is 6.58 Å². The van der Waals surface area contributed by atoms with Crippen LogP contribution in [0.15, 0.2) is 30.5 Å². The molecule has 2 rings (SSSR count). The highest BCUT2D eigenvalue weighted by Crippen LogP contribution is 2.25. The third kappa shape index (κ3) is 2.74. The standard InChI is InChI=1S/C13H21N3/c1-11(2)10-13(12-4-3-5-15-12)16-8-6-14-7-9-16/h3-5,13-15H,1,6-10H2,2H3/t13-/m1/s1. The minimum absolute atomic E-state index is 0.467. The number of aromatic nitrogens is 1. The van der Waals surface area contributed by atoms with E-state index in [2.05, 4.69) is 40.8 Å². The van der Waals surface area contributed by atoms with E-state index in [9.17, 15) is 0 Å². The monoisotopic (exact) mass is 219 g/mol. The minimum atomic E-state index is 0.467. The summed E-state index contributed by atoms with van der Waals surface area (Å²) in [6.07, 6.45) is 3.05. The van der Waals surface area contributed by atoms with Crippen LogP contribution in [0, 0.1) is 0 Å². The van der Waals surface area contributed by atoms with E-state index in [1.54, 1.807) is 0 Å². The fourth-order valence-electron chi connectivity index (χ4n) is 2.31. The molecule has 1 aromatic rings. The zero-order valence-corrected chi connectivity index (χ0v) is 10.00. The zero-order valence-electron chi connectivity index (χ0n) is 10.00. The summed E-state index contributed by atoms with van der Waals surface area (Å²) in [5.41, 5.74) is 2.56. The maximum atomic E-state index is 4.04. The zero-order chi connectivity index (χ0) is 11.4. The van der Waals surface area contributed by atoms with Crippen LogP contribution in [0.4, 0.5) is 0 Å². The Morgan fingerprint density at radius 3 is 2.81 bits per heavy atom. The molecule has 0 saturated carbocycles. The van der Waals surface area contributed by atoms with Gasteiger partial charge in [0.05, 0.1) is 6.04 Å². The smallest absolute Gasteiger partial charge is 0.0536 e. The van der Waals surface area contributed by atoms with Gasteiger partial charge in [0.15, 0.2) is 0 Å². The molecule has 0 bridgehead atoms. The molecule has 1 aliphatic heterocycles. The lowest BCUT2D eigenvalue weighted by molar-refractivity contribution is 0.170. The Labute approximate surface area is 97.5 Å². The summed E-state index contributed by atoms with van der Waals surface area (Å²) in [5.74, 6) is 0. The molecule has 1 fully saturated rings. The molecule has 88 valence electrons. The van der Waals surface area contributed by atoms with E-state index in [0.717, 1.165) is 32.6 Å². The van der Waals surface area contributed by atoms with Crippen molar-refractivity contribution in [3.63, 3.8) is 0 Å². The highest BCUT2D eigenvalue weighted by atomic mass is 15.2. The maximum Gasteiger partial charge on any atom is 0.0536 e. The van der Waals surface area contributed by atoms with Gasteiger partial charge >= 0.3 is 0 Å². The second-order valence-corrected chi connectivity index (χ2v) is 4.59. The second kappa shape index (κ2) is 5.32. The molecule has 0 amide bonds. The van der Waals surface area contributed by atoms with Crippen LogP contribution in [-0.4, -0.2) is 36.1 Å². The number of aromatic amines is 1. The summed E-state index contributed by atoms with van der Waals surface area (Å²) in [6, 6.07) is 4.72. The Morgan fingerprint density at radius 2 is 2.25 bits per heavy atom. The first-order chi connectivity index (χ1) is 7.77. The second-order valence-electron chi connectivity index (χ2n) is 4.59. The molecule has 0 radical (unpaired) electrons. The molecular weight excluding hydrogens is 198 g/mol. The molecule has 2 N–H and O–H groups in total. The molecule has 2 heterocycles. The first-order valence-corrected chi connectivity index (χ1v) is 6.00.